The Morgan fingerprint density at radius 2 is 1.43 bits per heavy atom. The van der Waals surface area contributed by atoms with Crippen LogP contribution in [-0.4, -0.2) is 28.0 Å². The minimum atomic E-state index is -2.12. The third-order valence-corrected chi connectivity index (χ3v) is 21.1. The molecule has 35 heavy (non-hydrogen) atoms. The lowest BCUT2D eigenvalue weighted by atomic mass is 9.55. The molecular weight excluding hydrogens is 464 g/mol. The van der Waals surface area contributed by atoms with Crippen LogP contribution in [0.3, 0.4) is 0 Å². The summed E-state index contributed by atoms with van der Waals surface area (Å²) in [6.07, 6.45) is 7.51. The predicted octanol–water partition coefficient (Wildman–Crippen LogP) is 8.72. The van der Waals surface area contributed by atoms with Gasteiger partial charge in [0.05, 0.1) is 11.4 Å². The molecule has 0 radical (unpaired) electrons. The number of ketones is 1. The summed E-state index contributed by atoms with van der Waals surface area (Å²) in [7, 11) is -4.12. The fraction of sp³-hybridized carbons (Fsp3) is 0.900. The molecule has 200 valence electrons. The summed E-state index contributed by atoms with van der Waals surface area (Å²) in [6, 6.07) is 0. The van der Waals surface area contributed by atoms with Gasteiger partial charge in [-0.1, -0.05) is 62.3 Å². The Bertz CT molecular complexity index is 919. The minimum Gasteiger partial charge on any atom is -0.547 e. The number of allylic oxidation sites excluding steroid dienone is 2. The van der Waals surface area contributed by atoms with E-state index in [9.17, 15) is 4.79 Å². The summed E-state index contributed by atoms with van der Waals surface area (Å²) in [5, 5.41) is 0.258. The SMILES string of the molecule is CC1(C)C2CC3C(=O)C1C[C@@H]1C(O[Si](C)(C)C(C)(C)C)=CCC[C@@]1(C)C3(O[Si](C)(C)C(C)(C)C)C2. The van der Waals surface area contributed by atoms with Crippen molar-refractivity contribution < 1.29 is 13.6 Å². The Balaban J connectivity index is 1.89. The number of rotatable bonds is 4. The topological polar surface area (TPSA) is 35.5 Å². The van der Waals surface area contributed by atoms with Gasteiger partial charge >= 0.3 is 0 Å². The van der Waals surface area contributed by atoms with Gasteiger partial charge in [0.1, 0.15) is 5.78 Å². The molecule has 0 spiro atoms. The quantitative estimate of drug-likeness (QED) is 0.349. The first kappa shape index (κ1) is 27.6. The van der Waals surface area contributed by atoms with Crippen LogP contribution in [0.5, 0.6) is 0 Å². The largest absolute Gasteiger partial charge is 0.547 e. The molecule has 0 aromatic rings. The van der Waals surface area contributed by atoms with Crippen LogP contribution < -0.4 is 0 Å². The van der Waals surface area contributed by atoms with Crippen molar-refractivity contribution >= 4 is 22.4 Å². The maximum absolute atomic E-state index is 14.3. The first-order valence-corrected chi connectivity index (χ1v) is 20.1. The highest BCUT2D eigenvalue weighted by Gasteiger charge is 2.73. The minimum absolute atomic E-state index is 0.0208. The van der Waals surface area contributed by atoms with E-state index in [4.69, 9.17) is 8.85 Å². The van der Waals surface area contributed by atoms with Crippen LogP contribution in [0, 0.1) is 34.5 Å². The summed E-state index contributed by atoms with van der Waals surface area (Å²) < 4.78 is 14.8. The number of carbonyl (C=O) groups excluding carboxylic acids is 1. The average Bonchev–Trinajstić information content (AvgIpc) is 3.00. The first-order chi connectivity index (χ1) is 15.6. The van der Waals surface area contributed by atoms with Gasteiger partial charge in [-0.25, -0.2) is 0 Å². The second-order valence-electron chi connectivity index (χ2n) is 16.4. The van der Waals surface area contributed by atoms with E-state index in [0.29, 0.717) is 11.7 Å². The van der Waals surface area contributed by atoms with Gasteiger partial charge in [0, 0.05) is 23.2 Å². The van der Waals surface area contributed by atoms with E-state index >= 15 is 0 Å². The molecule has 0 aliphatic heterocycles. The van der Waals surface area contributed by atoms with Gasteiger partial charge in [0.2, 0.25) is 8.32 Å². The molecular formula is C30H54O3Si2. The fourth-order valence-electron chi connectivity index (χ4n) is 7.59. The van der Waals surface area contributed by atoms with Crippen LogP contribution in [0.1, 0.15) is 94.4 Å². The van der Waals surface area contributed by atoms with E-state index < -0.39 is 16.6 Å². The van der Waals surface area contributed by atoms with Crippen molar-refractivity contribution in [3.8, 4) is 0 Å². The monoisotopic (exact) mass is 518 g/mol. The molecule has 0 aromatic carbocycles. The van der Waals surface area contributed by atoms with Crippen molar-refractivity contribution in [2.24, 2.45) is 34.5 Å². The lowest BCUT2D eigenvalue weighted by Gasteiger charge is -2.59. The van der Waals surface area contributed by atoms with Crippen molar-refractivity contribution in [1.82, 2.24) is 0 Å². The molecule has 4 aliphatic rings. The Kier molecular flexibility index (Phi) is 6.17. The molecule has 3 saturated carbocycles. The first-order valence-electron chi connectivity index (χ1n) is 14.2. The summed E-state index contributed by atoms with van der Waals surface area (Å²) >= 11 is 0. The van der Waals surface area contributed by atoms with Gasteiger partial charge in [0.15, 0.2) is 8.32 Å². The molecule has 3 fully saturated rings. The Hall–Kier alpha value is -0.396. The van der Waals surface area contributed by atoms with Gasteiger partial charge in [-0.2, -0.15) is 0 Å². The Morgan fingerprint density at radius 1 is 0.857 bits per heavy atom. The lowest BCUT2D eigenvalue weighted by molar-refractivity contribution is -0.144. The van der Waals surface area contributed by atoms with Crippen LogP contribution in [0.4, 0.5) is 0 Å². The normalized spacial score (nSPS) is 39.2. The smallest absolute Gasteiger partial charge is 0.250 e. The van der Waals surface area contributed by atoms with E-state index in [-0.39, 0.29) is 44.3 Å². The van der Waals surface area contributed by atoms with Gasteiger partial charge in [-0.05, 0) is 85.8 Å². The number of fused-ring (bicyclic) bond motifs is 4. The number of Topliss-reactive ketones (excluding diaryl/α,β-unsaturated/α-hetero) is 1. The van der Waals surface area contributed by atoms with Gasteiger partial charge in [-0.3, -0.25) is 4.79 Å². The molecule has 0 aromatic heterocycles. The summed E-state index contributed by atoms with van der Waals surface area (Å²) in [6.45, 7) is 30.8. The fourth-order valence-corrected chi connectivity index (χ4v) is 10.4. The molecule has 0 amide bonds. The molecule has 3 nitrogen and oxygen atoms in total. The van der Waals surface area contributed by atoms with Crippen molar-refractivity contribution in [1.29, 1.82) is 0 Å². The van der Waals surface area contributed by atoms with Gasteiger partial charge in [-0.15, -0.1) is 0 Å². The highest BCUT2D eigenvalue weighted by molar-refractivity contribution is 6.74. The molecule has 4 unspecified atom stereocenters. The lowest BCUT2D eigenvalue weighted by Crippen LogP contribution is -2.62. The highest BCUT2D eigenvalue weighted by Crippen LogP contribution is 2.72. The van der Waals surface area contributed by atoms with E-state index in [2.05, 4.69) is 94.6 Å². The van der Waals surface area contributed by atoms with Gasteiger partial charge in [0.25, 0.3) is 0 Å². The van der Waals surface area contributed by atoms with Crippen LogP contribution in [-0.2, 0) is 13.6 Å². The molecule has 0 N–H and O–H groups in total. The van der Waals surface area contributed by atoms with E-state index in [1.54, 1.807) is 0 Å². The van der Waals surface area contributed by atoms with Crippen LogP contribution >= 0.6 is 0 Å². The summed E-state index contributed by atoms with van der Waals surface area (Å²) in [5.41, 5.74) is -0.427. The number of carbonyl (C=O) groups is 1. The number of hydrogen-bond donors (Lipinski definition) is 0. The zero-order chi connectivity index (χ0) is 26.6. The summed E-state index contributed by atoms with van der Waals surface area (Å²) in [4.78, 5) is 14.3. The molecule has 5 heteroatoms. The van der Waals surface area contributed by atoms with Crippen molar-refractivity contribution in [2.45, 2.75) is 136 Å². The van der Waals surface area contributed by atoms with Crippen LogP contribution in [0.2, 0.25) is 36.3 Å². The van der Waals surface area contributed by atoms with Gasteiger partial charge < -0.3 is 8.85 Å². The Labute approximate surface area is 218 Å². The van der Waals surface area contributed by atoms with E-state index in [1.165, 1.54) is 5.76 Å². The second-order valence-corrected chi connectivity index (χ2v) is 25.9. The highest BCUT2D eigenvalue weighted by atomic mass is 28.4. The molecule has 4 rings (SSSR count). The maximum atomic E-state index is 14.3. The third-order valence-electron chi connectivity index (χ3n) is 12.3. The van der Waals surface area contributed by atoms with E-state index in [1.807, 2.05) is 0 Å². The van der Waals surface area contributed by atoms with Crippen molar-refractivity contribution in [2.75, 3.05) is 0 Å². The van der Waals surface area contributed by atoms with Crippen molar-refractivity contribution in [3.05, 3.63) is 11.8 Å². The molecule has 0 heterocycles. The molecule has 4 aliphatic carbocycles. The molecule has 6 atom stereocenters. The van der Waals surface area contributed by atoms with Crippen LogP contribution in [0.15, 0.2) is 11.8 Å². The Morgan fingerprint density at radius 3 is 1.97 bits per heavy atom. The van der Waals surface area contributed by atoms with E-state index in [0.717, 1.165) is 32.1 Å². The summed E-state index contributed by atoms with van der Waals surface area (Å²) in [5.74, 6) is 2.67. The molecule has 0 saturated heterocycles. The zero-order valence-corrected chi connectivity index (χ0v) is 27.1. The molecule has 3 bridgehead atoms. The second kappa shape index (κ2) is 7.82. The van der Waals surface area contributed by atoms with Crippen LogP contribution in [0.25, 0.3) is 0 Å². The van der Waals surface area contributed by atoms with Crippen molar-refractivity contribution in [3.63, 3.8) is 0 Å². The third kappa shape index (κ3) is 3.83. The maximum Gasteiger partial charge on any atom is 0.250 e. The average molecular weight is 519 g/mol. The standard InChI is InChI=1S/C30H54O3Si2/c1-26(2,3)34(10,11)32-24-15-14-16-29(9)21(24)18-22-25(31)23-17-20(28(22,7)8)19-30(23,29)33-35(12,13)27(4,5)6/h15,20-23H,14,16-19H2,1-13H3/t20?,21-,22?,23?,29-,30?/m1/s1. The number of hydrogen-bond acceptors (Lipinski definition) is 3. The zero-order valence-electron chi connectivity index (χ0n) is 25.1. The predicted molar refractivity (Wildman–Crippen MR) is 151 cm³/mol.